The first-order valence-corrected chi connectivity index (χ1v) is 6.82. The van der Waals surface area contributed by atoms with Crippen LogP contribution >= 0.6 is 0 Å². The summed E-state index contributed by atoms with van der Waals surface area (Å²) in [7, 11) is 0. The van der Waals surface area contributed by atoms with Crippen molar-refractivity contribution >= 4 is 0 Å². The van der Waals surface area contributed by atoms with Gasteiger partial charge in [-0.1, -0.05) is 12.1 Å². The maximum Gasteiger partial charge on any atom is 0.222 e. The van der Waals surface area contributed by atoms with E-state index in [0.717, 1.165) is 6.20 Å². The van der Waals surface area contributed by atoms with Crippen molar-refractivity contribution in [3.63, 3.8) is 0 Å². The lowest BCUT2D eigenvalue weighted by Gasteiger charge is -2.09. The van der Waals surface area contributed by atoms with Gasteiger partial charge in [0.2, 0.25) is 11.8 Å². The summed E-state index contributed by atoms with van der Waals surface area (Å²) in [5.41, 5.74) is 1.17. The fourth-order valence-corrected chi connectivity index (χ4v) is 2.09. The van der Waals surface area contributed by atoms with Crippen LogP contribution in [0, 0.1) is 11.8 Å². The van der Waals surface area contributed by atoms with Gasteiger partial charge in [0.25, 0.3) is 0 Å². The molecule has 116 valence electrons. The van der Waals surface area contributed by atoms with Gasteiger partial charge in [-0.15, -0.1) is 0 Å². The molecule has 0 aliphatic rings. The van der Waals surface area contributed by atoms with E-state index in [9.17, 15) is 13.9 Å². The smallest absolute Gasteiger partial charge is 0.222 e. The average Bonchev–Trinajstić information content (AvgIpc) is 2.52. The van der Waals surface area contributed by atoms with Gasteiger partial charge in [0.05, 0.1) is 6.20 Å². The van der Waals surface area contributed by atoms with Crippen molar-refractivity contribution < 1.29 is 18.6 Å². The number of benzene rings is 1. The highest BCUT2D eigenvalue weighted by molar-refractivity contribution is 5.44. The first-order valence-electron chi connectivity index (χ1n) is 6.82. The Bertz CT molecular complexity index is 840. The fourth-order valence-electron chi connectivity index (χ4n) is 2.09. The fraction of sp³-hybridized carbons (Fsp3) is 0.0588. The molecule has 0 spiro atoms. The molecule has 2 heterocycles. The van der Waals surface area contributed by atoms with Crippen molar-refractivity contribution in [1.29, 1.82) is 0 Å². The molecule has 0 atom stereocenters. The number of aromatic hydroxyl groups is 1. The van der Waals surface area contributed by atoms with Crippen LogP contribution in [0.2, 0.25) is 0 Å². The molecule has 0 fully saturated rings. The maximum atomic E-state index is 13.6. The summed E-state index contributed by atoms with van der Waals surface area (Å²) in [5.74, 6) is -1.04. The van der Waals surface area contributed by atoms with Crippen LogP contribution in [-0.4, -0.2) is 15.1 Å². The molecule has 0 saturated heterocycles. The normalized spacial score (nSPS) is 10.5. The number of halogens is 2. The van der Waals surface area contributed by atoms with Crippen LogP contribution in [0.25, 0.3) is 0 Å². The molecule has 23 heavy (non-hydrogen) atoms. The summed E-state index contributed by atoms with van der Waals surface area (Å²) in [6.45, 7) is 0. The lowest BCUT2D eigenvalue weighted by Crippen LogP contribution is -1.94. The average molecular weight is 314 g/mol. The van der Waals surface area contributed by atoms with Crippen molar-refractivity contribution in [2.75, 3.05) is 0 Å². The molecule has 0 saturated carbocycles. The van der Waals surface area contributed by atoms with Gasteiger partial charge in [0.1, 0.15) is 5.82 Å². The molecule has 0 aliphatic carbocycles. The molecule has 4 nitrogen and oxygen atoms in total. The van der Waals surface area contributed by atoms with Crippen molar-refractivity contribution in [3.05, 3.63) is 77.8 Å². The second-order valence-corrected chi connectivity index (χ2v) is 4.85. The number of hydrogen-bond donors (Lipinski definition) is 1. The van der Waals surface area contributed by atoms with Crippen LogP contribution in [0.1, 0.15) is 11.1 Å². The van der Waals surface area contributed by atoms with E-state index in [0.29, 0.717) is 17.5 Å². The van der Waals surface area contributed by atoms with Crippen LogP contribution in [0.3, 0.4) is 0 Å². The molecule has 0 amide bonds. The van der Waals surface area contributed by atoms with Crippen LogP contribution in [0.5, 0.6) is 17.4 Å². The van der Waals surface area contributed by atoms with Gasteiger partial charge < -0.3 is 9.84 Å². The van der Waals surface area contributed by atoms with Crippen molar-refractivity contribution in [2.45, 2.75) is 6.42 Å². The third kappa shape index (κ3) is 3.60. The maximum absolute atomic E-state index is 13.6. The van der Waals surface area contributed by atoms with E-state index in [1.54, 1.807) is 12.1 Å². The quantitative estimate of drug-likeness (QED) is 0.743. The number of rotatable bonds is 4. The summed E-state index contributed by atoms with van der Waals surface area (Å²) in [5, 5.41) is 10.0. The molecule has 0 aliphatic heterocycles. The topological polar surface area (TPSA) is 55.2 Å². The number of phenols is 1. The van der Waals surface area contributed by atoms with Crippen molar-refractivity contribution in [3.8, 4) is 17.4 Å². The number of ether oxygens (including phenoxy) is 1. The van der Waals surface area contributed by atoms with Gasteiger partial charge in [0, 0.05) is 18.7 Å². The highest BCUT2D eigenvalue weighted by Crippen LogP contribution is 2.31. The van der Waals surface area contributed by atoms with Gasteiger partial charge in [-0.2, -0.15) is 9.37 Å². The Morgan fingerprint density at radius 2 is 1.96 bits per heavy atom. The number of phenolic OH excluding ortho intramolecular Hbond substituents is 1. The van der Waals surface area contributed by atoms with Crippen molar-refractivity contribution in [2.24, 2.45) is 0 Å². The lowest BCUT2D eigenvalue weighted by molar-refractivity contribution is 0.396. The van der Waals surface area contributed by atoms with Crippen LogP contribution < -0.4 is 4.74 Å². The molecule has 6 heteroatoms. The SMILES string of the molecule is Oc1cc(Cc2ccncc2F)ccc1Oc1cccc(F)n1. The van der Waals surface area contributed by atoms with E-state index in [2.05, 4.69) is 9.97 Å². The number of hydrogen-bond acceptors (Lipinski definition) is 4. The minimum absolute atomic E-state index is 0.0354. The minimum Gasteiger partial charge on any atom is -0.504 e. The van der Waals surface area contributed by atoms with Gasteiger partial charge >= 0.3 is 0 Å². The Kier molecular flexibility index (Phi) is 4.14. The van der Waals surface area contributed by atoms with E-state index in [1.165, 1.54) is 36.5 Å². The Morgan fingerprint density at radius 1 is 1.09 bits per heavy atom. The van der Waals surface area contributed by atoms with Crippen molar-refractivity contribution in [1.82, 2.24) is 9.97 Å². The minimum atomic E-state index is -0.674. The van der Waals surface area contributed by atoms with E-state index in [1.807, 2.05) is 0 Å². The Hall–Kier alpha value is -3.02. The van der Waals surface area contributed by atoms with Crippen LogP contribution in [-0.2, 0) is 6.42 Å². The van der Waals surface area contributed by atoms with Crippen LogP contribution in [0.4, 0.5) is 8.78 Å². The molecule has 3 aromatic rings. The lowest BCUT2D eigenvalue weighted by atomic mass is 10.1. The molecule has 0 radical (unpaired) electrons. The number of nitrogens with zero attached hydrogens (tertiary/aromatic N) is 2. The molecule has 1 N–H and O–H groups in total. The molecule has 0 bridgehead atoms. The number of aromatic nitrogens is 2. The Morgan fingerprint density at radius 3 is 2.70 bits per heavy atom. The first-order chi connectivity index (χ1) is 11.1. The Labute approximate surface area is 131 Å². The molecular formula is C17H12F2N2O2. The summed E-state index contributed by atoms with van der Waals surface area (Å²) < 4.78 is 31.9. The monoisotopic (exact) mass is 314 g/mol. The predicted molar refractivity (Wildman–Crippen MR) is 79.4 cm³/mol. The van der Waals surface area contributed by atoms with E-state index in [-0.39, 0.29) is 17.4 Å². The standard InChI is InChI=1S/C17H12F2N2O2/c18-13-10-20-7-6-12(13)8-11-4-5-15(14(22)9-11)23-17-3-1-2-16(19)21-17/h1-7,9-10,22H,8H2. The van der Waals surface area contributed by atoms with Gasteiger partial charge in [0.15, 0.2) is 11.5 Å². The Balaban J connectivity index is 1.79. The summed E-state index contributed by atoms with van der Waals surface area (Å²) in [4.78, 5) is 7.25. The second-order valence-electron chi connectivity index (χ2n) is 4.85. The summed E-state index contributed by atoms with van der Waals surface area (Å²) >= 11 is 0. The zero-order valence-electron chi connectivity index (χ0n) is 11.9. The molecular weight excluding hydrogens is 302 g/mol. The summed E-state index contributed by atoms with van der Waals surface area (Å²) in [6.07, 6.45) is 2.95. The zero-order valence-corrected chi connectivity index (χ0v) is 11.9. The van der Waals surface area contributed by atoms with E-state index >= 15 is 0 Å². The van der Waals surface area contributed by atoms with Gasteiger partial charge in [-0.3, -0.25) is 4.98 Å². The van der Waals surface area contributed by atoms with Gasteiger partial charge in [-0.05, 0) is 35.4 Å². The largest absolute Gasteiger partial charge is 0.504 e. The summed E-state index contributed by atoms with van der Waals surface area (Å²) in [6, 6.07) is 10.4. The third-order valence-electron chi connectivity index (χ3n) is 3.18. The zero-order chi connectivity index (χ0) is 16.2. The third-order valence-corrected chi connectivity index (χ3v) is 3.18. The van der Waals surface area contributed by atoms with E-state index in [4.69, 9.17) is 4.74 Å². The highest BCUT2D eigenvalue weighted by Gasteiger charge is 2.09. The van der Waals surface area contributed by atoms with Crippen LogP contribution in [0.15, 0.2) is 54.9 Å². The molecule has 2 aromatic heterocycles. The number of pyridine rings is 2. The molecule has 3 rings (SSSR count). The molecule has 0 unspecified atom stereocenters. The highest BCUT2D eigenvalue weighted by atomic mass is 19.1. The van der Waals surface area contributed by atoms with E-state index < -0.39 is 11.8 Å². The first kappa shape index (κ1) is 14.9. The predicted octanol–water partition coefficient (Wildman–Crippen LogP) is 3.84. The van der Waals surface area contributed by atoms with Gasteiger partial charge in [-0.25, -0.2) is 4.39 Å². The molecule has 1 aromatic carbocycles. The second kappa shape index (κ2) is 6.39.